The fraction of sp³-hybridized carbons (Fsp3) is 0.143. The predicted octanol–water partition coefficient (Wildman–Crippen LogP) is 2.46. The highest BCUT2D eigenvalue weighted by molar-refractivity contribution is 5.38. The summed E-state index contributed by atoms with van der Waals surface area (Å²) in [7, 11) is 0. The number of benzene rings is 2. The second-order valence-electron chi connectivity index (χ2n) is 3.72. The summed E-state index contributed by atoms with van der Waals surface area (Å²) in [6, 6.07) is 14.7. The number of ether oxygens (including phenoxy) is 1. The summed E-state index contributed by atoms with van der Waals surface area (Å²) in [5, 5.41) is 18.4. The monoisotopic (exact) mass is 230 g/mol. The Hall–Kier alpha value is -2.00. The van der Waals surface area contributed by atoms with Gasteiger partial charge in [-0.2, -0.15) is 0 Å². The van der Waals surface area contributed by atoms with E-state index in [9.17, 15) is 5.11 Å². The first-order valence-corrected chi connectivity index (χ1v) is 5.39. The zero-order valence-electron chi connectivity index (χ0n) is 9.34. The first-order valence-electron chi connectivity index (χ1n) is 5.39. The lowest BCUT2D eigenvalue weighted by Gasteiger charge is -2.08. The van der Waals surface area contributed by atoms with Crippen LogP contribution in [0.4, 0.5) is 0 Å². The van der Waals surface area contributed by atoms with E-state index in [1.807, 2.05) is 30.3 Å². The maximum absolute atomic E-state index is 9.40. The molecule has 0 atom stereocenters. The van der Waals surface area contributed by atoms with Crippen LogP contribution in [0.5, 0.6) is 11.5 Å². The van der Waals surface area contributed by atoms with Crippen LogP contribution in [-0.2, 0) is 13.2 Å². The van der Waals surface area contributed by atoms with E-state index >= 15 is 0 Å². The molecule has 2 aromatic rings. The minimum atomic E-state index is -0.200. The number of aliphatic hydroxyl groups excluding tert-OH is 1. The lowest BCUT2D eigenvalue weighted by molar-refractivity contribution is 0.271. The molecule has 88 valence electrons. The number of aromatic hydroxyl groups is 1. The molecule has 0 unspecified atom stereocenters. The largest absolute Gasteiger partial charge is 0.508 e. The summed E-state index contributed by atoms with van der Waals surface area (Å²) in [5.74, 6) is 0.718. The van der Waals surface area contributed by atoms with Crippen LogP contribution in [0.1, 0.15) is 11.1 Å². The Morgan fingerprint density at radius 1 is 1.00 bits per heavy atom. The van der Waals surface area contributed by atoms with Crippen molar-refractivity contribution in [1.82, 2.24) is 0 Å². The Morgan fingerprint density at radius 3 is 2.47 bits per heavy atom. The average molecular weight is 230 g/mol. The molecule has 2 N–H and O–H groups in total. The van der Waals surface area contributed by atoms with Gasteiger partial charge in [-0.05, 0) is 23.8 Å². The first kappa shape index (κ1) is 11.5. The van der Waals surface area contributed by atoms with Gasteiger partial charge in [0, 0.05) is 5.56 Å². The Kier molecular flexibility index (Phi) is 3.62. The molecule has 0 saturated carbocycles. The number of hydrogen-bond donors (Lipinski definition) is 2. The molecule has 2 aromatic carbocycles. The standard InChI is InChI=1S/C14H14O3/c15-9-12-8-13(6-7-14(12)16)17-10-11-4-2-1-3-5-11/h1-8,15-16H,9-10H2. The molecule has 0 fully saturated rings. The molecule has 0 saturated heterocycles. The SMILES string of the molecule is OCc1cc(OCc2ccccc2)ccc1O. The van der Waals surface area contributed by atoms with Crippen molar-refractivity contribution < 1.29 is 14.9 Å². The molecule has 0 spiro atoms. The van der Waals surface area contributed by atoms with E-state index in [0.717, 1.165) is 5.56 Å². The Balaban J connectivity index is 2.04. The third kappa shape index (κ3) is 2.98. The summed E-state index contributed by atoms with van der Waals surface area (Å²) in [4.78, 5) is 0. The van der Waals surface area contributed by atoms with E-state index < -0.39 is 0 Å². The lowest BCUT2D eigenvalue weighted by atomic mass is 10.2. The van der Waals surface area contributed by atoms with Gasteiger partial charge in [-0.3, -0.25) is 0 Å². The zero-order chi connectivity index (χ0) is 12.1. The highest BCUT2D eigenvalue weighted by Crippen LogP contribution is 2.23. The molecule has 3 heteroatoms. The van der Waals surface area contributed by atoms with Crippen LogP contribution in [0.3, 0.4) is 0 Å². The van der Waals surface area contributed by atoms with Crippen molar-refractivity contribution in [2.45, 2.75) is 13.2 Å². The van der Waals surface area contributed by atoms with Crippen LogP contribution in [-0.4, -0.2) is 10.2 Å². The van der Waals surface area contributed by atoms with Crippen molar-refractivity contribution in [2.24, 2.45) is 0 Å². The van der Waals surface area contributed by atoms with Gasteiger partial charge in [-0.25, -0.2) is 0 Å². The third-order valence-electron chi connectivity index (χ3n) is 2.47. The van der Waals surface area contributed by atoms with Crippen LogP contribution < -0.4 is 4.74 Å². The van der Waals surface area contributed by atoms with Gasteiger partial charge < -0.3 is 14.9 Å². The quantitative estimate of drug-likeness (QED) is 0.848. The van der Waals surface area contributed by atoms with E-state index in [1.165, 1.54) is 6.07 Å². The van der Waals surface area contributed by atoms with Gasteiger partial charge in [0.2, 0.25) is 0 Å². The highest BCUT2D eigenvalue weighted by atomic mass is 16.5. The molecule has 0 aromatic heterocycles. The molecular formula is C14H14O3. The number of rotatable bonds is 4. The van der Waals surface area contributed by atoms with Crippen LogP contribution in [0.25, 0.3) is 0 Å². The van der Waals surface area contributed by atoms with Gasteiger partial charge in [0.25, 0.3) is 0 Å². The molecular weight excluding hydrogens is 216 g/mol. The van der Waals surface area contributed by atoms with E-state index in [0.29, 0.717) is 17.9 Å². The highest BCUT2D eigenvalue weighted by Gasteiger charge is 2.02. The minimum Gasteiger partial charge on any atom is -0.508 e. The second-order valence-corrected chi connectivity index (χ2v) is 3.72. The van der Waals surface area contributed by atoms with E-state index in [1.54, 1.807) is 12.1 Å². The van der Waals surface area contributed by atoms with Gasteiger partial charge in [0.1, 0.15) is 18.1 Å². The summed E-state index contributed by atoms with van der Waals surface area (Å²) in [6.07, 6.45) is 0. The van der Waals surface area contributed by atoms with Crippen molar-refractivity contribution in [3.05, 3.63) is 59.7 Å². The van der Waals surface area contributed by atoms with Gasteiger partial charge in [-0.15, -0.1) is 0 Å². The predicted molar refractivity (Wildman–Crippen MR) is 64.8 cm³/mol. The fourth-order valence-electron chi connectivity index (χ4n) is 1.52. The van der Waals surface area contributed by atoms with Crippen LogP contribution in [0.15, 0.2) is 48.5 Å². The molecule has 0 amide bonds. The van der Waals surface area contributed by atoms with E-state index in [2.05, 4.69) is 0 Å². The average Bonchev–Trinajstić information content (AvgIpc) is 2.39. The molecule has 2 rings (SSSR count). The molecule has 0 aliphatic rings. The molecule has 17 heavy (non-hydrogen) atoms. The van der Waals surface area contributed by atoms with Gasteiger partial charge >= 0.3 is 0 Å². The number of hydrogen-bond acceptors (Lipinski definition) is 3. The normalized spacial score (nSPS) is 10.2. The molecule has 0 aliphatic carbocycles. The zero-order valence-corrected chi connectivity index (χ0v) is 9.34. The summed E-state index contributed by atoms with van der Waals surface area (Å²) in [5.41, 5.74) is 1.54. The van der Waals surface area contributed by atoms with Crippen LogP contribution in [0, 0.1) is 0 Å². The van der Waals surface area contributed by atoms with Crippen molar-refractivity contribution in [3.8, 4) is 11.5 Å². The molecule has 3 nitrogen and oxygen atoms in total. The van der Waals surface area contributed by atoms with Crippen molar-refractivity contribution in [2.75, 3.05) is 0 Å². The maximum Gasteiger partial charge on any atom is 0.121 e. The summed E-state index contributed by atoms with van der Waals surface area (Å²) < 4.78 is 5.57. The Morgan fingerprint density at radius 2 is 1.76 bits per heavy atom. The van der Waals surface area contributed by atoms with Crippen molar-refractivity contribution in [3.63, 3.8) is 0 Å². The molecule has 0 heterocycles. The van der Waals surface area contributed by atoms with Gasteiger partial charge in [-0.1, -0.05) is 30.3 Å². The van der Waals surface area contributed by atoms with Crippen LogP contribution in [0.2, 0.25) is 0 Å². The number of phenols is 1. The number of aliphatic hydroxyl groups is 1. The Bertz CT molecular complexity index is 480. The van der Waals surface area contributed by atoms with Crippen molar-refractivity contribution in [1.29, 1.82) is 0 Å². The molecule has 0 bridgehead atoms. The van der Waals surface area contributed by atoms with E-state index in [-0.39, 0.29) is 12.4 Å². The summed E-state index contributed by atoms with van der Waals surface area (Å²) >= 11 is 0. The van der Waals surface area contributed by atoms with Gasteiger partial charge in [0.15, 0.2) is 0 Å². The molecule has 0 radical (unpaired) electrons. The maximum atomic E-state index is 9.40. The Labute approximate surface area is 99.9 Å². The fourth-order valence-corrected chi connectivity index (χ4v) is 1.52. The smallest absolute Gasteiger partial charge is 0.121 e. The van der Waals surface area contributed by atoms with Crippen LogP contribution >= 0.6 is 0 Å². The topological polar surface area (TPSA) is 49.7 Å². The minimum absolute atomic E-state index is 0.0829. The first-order chi connectivity index (χ1) is 8.29. The third-order valence-corrected chi connectivity index (χ3v) is 2.47. The van der Waals surface area contributed by atoms with Crippen molar-refractivity contribution >= 4 is 0 Å². The lowest BCUT2D eigenvalue weighted by Crippen LogP contribution is -1.96. The summed E-state index contributed by atoms with van der Waals surface area (Å²) in [6.45, 7) is 0.269. The van der Waals surface area contributed by atoms with Gasteiger partial charge in [0.05, 0.1) is 6.61 Å². The molecule has 0 aliphatic heterocycles. The van der Waals surface area contributed by atoms with E-state index in [4.69, 9.17) is 9.84 Å². The second kappa shape index (κ2) is 5.37.